The van der Waals surface area contributed by atoms with E-state index in [0.717, 1.165) is 61.1 Å². The largest absolute Gasteiger partial charge is 0.391 e. The van der Waals surface area contributed by atoms with Crippen molar-refractivity contribution < 1.29 is 0 Å². The zero-order valence-electron chi connectivity index (χ0n) is 20.8. The van der Waals surface area contributed by atoms with Gasteiger partial charge < -0.3 is 15.2 Å². The van der Waals surface area contributed by atoms with Crippen LogP contribution in [-0.2, 0) is 6.42 Å². The smallest absolute Gasteiger partial charge is 0.0738 e. The third kappa shape index (κ3) is 4.46. The molecule has 0 aliphatic carbocycles. The summed E-state index contributed by atoms with van der Waals surface area (Å²) >= 11 is 4.46. The molecule has 5 nitrogen and oxygen atoms in total. The SMILES string of the molecule is C=CNCCC(CCS)n1cc(Cc2ccc3c4c2cccc4c(=C)n3C2CCC(=C)NC2=C)cn1. The van der Waals surface area contributed by atoms with Gasteiger partial charge in [0.15, 0.2) is 0 Å². The highest BCUT2D eigenvalue weighted by molar-refractivity contribution is 7.80. The van der Waals surface area contributed by atoms with Crippen LogP contribution >= 0.6 is 12.6 Å². The van der Waals surface area contributed by atoms with Gasteiger partial charge in [0.2, 0.25) is 0 Å². The lowest BCUT2D eigenvalue weighted by atomic mass is 9.98. The maximum atomic E-state index is 4.72. The van der Waals surface area contributed by atoms with Crippen molar-refractivity contribution in [3.05, 3.63) is 96.5 Å². The molecule has 1 aliphatic heterocycles. The molecular weight excluding hydrogens is 462 g/mol. The maximum Gasteiger partial charge on any atom is 0.0738 e. The molecular formula is C30H35N5S. The third-order valence-corrected chi connectivity index (χ3v) is 7.65. The van der Waals surface area contributed by atoms with Crippen LogP contribution in [0, 0.1) is 0 Å². The molecule has 0 bridgehead atoms. The van der Waals surface area contributed by atoms with Crippen LogP contribution in [0.5, 0.6) is 0 Å². The number of thiol groups is 1. The monoisotopic (exact) mass is 497 g/mol. The molecule has 2 atom stereocenters. The van der Waals surface area contributed by atoms with Crippen LogP contribution in [0.1, 0.15) is 48.9 Å². The topological polar surface area (TPSA) is 46.8 Å². The Morgan fingerprint density at radius 3 is 2.78 bits per heavy atom. The van der Waals surface area contributed by atoms with E-state index in [0.29, 0.717) is 6.04 Å². The van der Waals surface area contributed by atoms with Crippen LogP contribution in [0.15, 0.2) is 80.1 Å². The molecule has 4 aromatic rings. The molecule has 2 aromatic heterocycles. The zero-order chi connectivity index (χ0) is 25.2. The molecule has 36 heavy (non-hydrogen) atoms. The Hall–Kier alpha value is -3.38. The molecule has 1 saturated heterocycles. The molecule has 0 amide bonds. The number of hydrogen-bond acceptors (Lipinski definition) is 4. The molecule has 0 spiro atoms. The molecule has 186 valence electrons. The van der Waals surface area contributed by atoms with Crippen LogP contribution in [-0.4, -0.2) is 26.6 Å². The summed E-state index contributed by atoms with van der Waals surface area (Å²) in [4.78, 5) is 0. The van der Waals surface area contributed by atoms with Gasteiger partial charge in [-0.2, -0.15) is 17.7 Å². The number of nitrogens with zero attached hydrogens (tertiary/aromatic N) is 3. The molecule has 2 aromatic carbocycles. The summed E-state index contributed by atoms with van der Waals surface area (Å²) in [5.41, 5.74) is 5.76. The fourth-order valence-corrected chi connectivity index (χ4v) is 5.91. The van der Waals surface area contributed by atoms with E-state index in [2.05, 4.69) is 95.4 Å². The lowest BCUT2D eigenvalue weighted by Crippen LogP contribution is -2.31. The van der Waals surface area contributed by atoms with Gasteiger partial charge in [0.25, 0.3) is 0 Å². The van der Waals surface area contributed by atoms with E-state index in [-0.39, 0.29) is 6.04 Å². The second-order valence-corrected chi connectivity index (χ2v) is 10.2. The number of hydrogen-bond donors (Lipinski definition) is 3. The van der Waals surface area contributed by atoms with Gasteiger partial charge in [-0.05, 0) is 60.2 Å². The van der Waals surface area contributed by atoms with Gasteiger partial charge in [0.05, 0.1) is 23.8 Å². The average Bonchev–Trinajstić information content (AvgIpc) is 3.44. The zero-order valence-corrected chi connectivity index (χ0v) is 21.7. The van der Waals surface area contributed by atoms with Gasteiger partial charge in [-0.25, -0.2) is 0 Å². The van der Waals surface area contributed by atoms with E-state index in [1.807, 2.05) is 6.20 Å². The number of allylic oxidation sites excluding steroid dienone is 2. The Balaban J connectivity index is 1.48. The quantitative estimate of drug-likeness (QED) is 0.196. The molecule has 3 heterocycles. The molecule has 2 unspecified atom stereocenters. The summed E-state index contributed by atoms with van der Waals surface area (Å²) in [6.45, 7) is 17.5. The van der Waals surface area contributed by atoms with Gasteiger partial charge in [-0.15, -0.1) is 0 Å². The van der Waals surface area contributed by atoms with E-state index in [1.165, 1.54) is 32.8 Å². The molecule has 5 rings (SSSR count). The fourth-order valence-electron chi connectivity index (χ4n) is 5.62. The minimum atomic E-state index is 0.169. The van der Waals surface area contributed by atoms with Crippen molar-refractivity contribution in [1.82, 2.24) is 25.0 Å². The first-order valence-electron chi connectivity index (χ1n) is 12.7. The standard InChI is InChI=1S/C30H35N5S/c1-5-31-15-13-25(14-16-36)34-19-23(18-32-34)17-24-10-12-29-30-26(7-6-8-27(24)30)22(4)35(29)28-11-9-20(2)33-21(28)3/h5-8,10,12,18-19,25,28,31,33,36H,1-4,9,11,13-17H2. The summed E-state index contributed by atoms with van der Waals surface area (Å²) in [5, 5.41) is 16.1. The van der Waals surface area contributed by atoms with E-state index < -0.39 is 0 Å². The van der Waals surface area contributed by atoms with Gasteiger partial charge in [-0.1, -0.05) is 50.6 Å². The Kier molecular flexibility index (Phi) is 6.97. The van der Waals surface area contributed by atoms with Gasteiger partial charge in [0.1, 0.15) is 0 Å². The van der Waals surface area contributed by atoms with Crippen molar-refractivity contribution in [1.29, 1.82) is 0 Å². The van der Waals surface area contributed by atoms with Crippen LogP contribution in [0.2, 0.25) is 0 Å². The lowest BCUT2D eigenvalue weighted by molar-refractivity contribution is 0.413. The highest BCUT2D eigenvalue weighted by Gasteiger charge is 2.24. The summed E-state index contributed by atoms with van der Waals surface area (Å²) in [7, 11) is 0. The van der Waals surface area contributed by atoms with E-state index in [9.17, 15) is 0 Å². The first kappa shape index (κ1) is 24.3. The summed E-state index contributed by atoms with van der Waals surface area (Å²) < 4.78 is 4.47. The Labute approximate surface area is 218 Å². The third-order valence-electron chi connectivity index (χ3n) is 7.39. The second-order valence-electron chi connectivity index (χ2n) is 9.72. The molecule has 0 radical (unpaired) electrons. The van der Waals surface area contributed by atoms with Crippen molar-refractivity contribution in [2.75, 3.05) is 12.3 Å². The predicted octanol–water partition coefficient (Wildman–Crippen LogP) is 5.65. The minimum absolute atomic E-state index is 0.169. The van der Waals surface area contributed by atoms with E-state index in [1.54, 1.807) is 6.20 Å². The van der Waals surface area contributed by atoms with Crippen molar-refractivity contribution in [3.8, 4) is 0 Å². The van der Waals surface area contributed by atoms with E-state index >= 15 is 0 Å². The Bertz CT molecular complexity index is 1480. The number of rotatable bonds is 10. The summed E-state index contributed by atoms with van der Waals surface area (Å²) in [5.74, 6) is 0.834. The van der Waals surface area contributed by atoms with Gasteiger partial charge in [0, 0.05) is 46.7 Å². The van der Waals surface area contributed by atoms with Crippen molar-refractivity contribution in [2.45, 2.75) is 44.2 Å². The van der Waals surface area contributed by atoms with Gasteiger partial charge >= 0.3 is 0 Å². The normalized spacial score (nSPS) is 17.0. The highest BCUT2D eigenvalue weighted by atomic mass is 32.1. The fraction of sp³-hybridized carbons (Fsp3) is 0.300. The average molecular weight is 498 g/mol. The van der Waals surface area contributed by atoms with E-state index in [4.69, 9.17) is 5.10 Å². The van der Waals surface area contributed by atoms with Crippen molar-refractivity contribution >= 4 is 40.9 Å². The van der Waals surface area contributed by atoms with Crippen LogP contribution < -0.4 is 16.0 Å². The van der Waals surface area contributed by atoms with Crippen molar-refractivity contribution in [3.63, 3.8) is 0 Å². The number of piperidine rings is 1. The Morgan fingerprint density at radius 2 is 2.00 bits per heavy atom. The second kappa shape index (κ2) is 10.3. The molecule has 2 N–H and O–H groups in total. The molecule has 1 fully saturated rings. The lowest BCUT2D eigenvalue weighted by Gasteiger charge is -2.29. The summed E-state index contributed by atoms with van der Waals surface area (Å²) in [6.07, 6.45) is 10.7. The number of aromatic nitrogens is 3. The highest BCUT2D eigenvalue weighted by Crippen LogP contribution is 2.35. The maximum absolute atomic E-state index is 4.72. The molecule has 6 heteroatoms. The van der Waals surface area contributed by atoms with Crippen LogP contribution in [0.25, 0.3) is 28.3 Å². The first-order valence-corrected chi connectivity index (χ1v) is 13.3. The van der Waals surface area contributed by atoms with Gasteiger partial charge in [-0.3, -0.25) is 4.68 Å². The predicted molar refractivity (Wildman–Crippen MR) is 155 cm³/mol. The Morgan fingerprint density at radius 1 is 1.17 bits per heavy atom. The molecule has 0 saturated carbocycles. The number of nitrogens with one attached hydrogen (secondary N) is 2. The molecule has 1 aliphatic rings. The summed E-state index contributed by atoms with van der Waals surface area (Å²) in [6, 6.07) is 11.6. The van der Waals surface area contributed by atoms with Crippen LogP contribution in [0.4, 0.5) is 0 Å². The first-order chi connectivity index (χ1) is 17.5. The number of benzene rings is 2. The van der Waals surface area contributed by atoms with Crippen molar-refractivity contribution in [2.24, 2.45) is 0 Å². The van der Waals surface area contributed by atoms with Crippen LogP contribution in [0.3, 0.4) is 0 Å². The minimum Gasteiger partial charge on any atom is -0.391 e.